The van der Waals surface area contributed by atoms with E-state index in [1.54, 1.807) is 54.6 Å². The third kappa shape index (κ3) is 2.58. The summed E-state index contributed by atoms with van der Waals surface area (Å²) in [5.41, 5.74) is 0.627. The van der Waals surface area contributed by atoms with Crippen molar-refractivity contribution in [2.45, 2.75) is 6.54 Å². The van der Waals surface area contributed by atoms with Gasteiger partial charge in [-0.05, 0) is 6.07 Å². The lowest BCUT2D eigenvalue weighted by Crippen LogP contribution is -2.22. The zero-order valence-corrected chi connectivity index (χ0v) is 14.2. The Morgan fingerprint density at radius 1 is 1.04 bits per heavy atom. The molecule has 3 aromatic rings. The highest BCUT2D eigenvalue weighted by Gasteiger charge is 2.26. The summed E-state index contributed by atoms with van der Waals surface area (Å²) < 4.78 is 0.983. The topological polar surface area (TPSA) is 88.7 Å². The first-order chi connectivity index (χ1) is 12.6. The van der Waals surface area contributed by atoms with E-state index in [2.05, 4.69) is 4.99 Å². The number of nitrogens with zero attached hydrogens (tertiary/aromatic N) is 2. The molecular weight excluding hydrogens is 352 g/mol. The lowest BCUT2D eigenvalue weighted by Gasteiger charge is -2.04. The van der Waals surface area contributed by atoms with Crippen LogP contribution in [0.4, 0.5) is 0 Å². The zero-order chi connectivity index (χ0) is 18.3. The van der Waals surface area contributed by atoms with Gasteiger partial charge in [0.05, 0.1) is 17.5 Å². The Morgan fingerprint density at radius 2 is 1.73 bits per heavy atom. The summed E-state index contributed by atoms with van der Waals surface area (Å²) in [5.74, 6) is -1.20. The third-order valence-corrected chi connectivity index (χ3v) is 5.09. The van der Waals surface area contributed by atoms with E-state index in [0.29, 0.717) is 16.1 Å². The van der Waals surface area contributed by atoms with Crippen LogP contribution in [0.1, 0.15) is 15.2 Å². The van der Waals surface area contributed by atoms with Gasteiger partial charge in [-0.15, -0.1) is 0 Å². The number of benzene rings is 2. The fourth-order valence-corrected chi connectivity index (χ4v) is 3.78. The Balaban J connectivity index is 1.80. The van der Waals surface area contributed by atoms with Gasteiger partial charge in [-0.25, -0.2) is 4.99 Å². The summed E-state index contributed by atoms with van der Waals surface area (Å²) in [6.07, 6.45) is 0. The SMILES string of the molecule is O=C1N=c2ccccc2=C1c1sc(=O)n(CC(=O)c2ccccc2)c1O. The smallest absolute Gasteiger partial charge is 0.311 e. The number of ketones is 1. The van der Waals surface area contributed by atoms with E-state index in [0.717, 1.165) is 15.9 Å². The van der Waals surface area contributed by atoms with Crippen molar-refractivity contribution in [3.05, 3.63) is 85.3 Å². The molecule has 128 valence electrons. The molecule has 0 atom stereocenters. The molecule has 1 aliphatic heterocycles. The van der Waals surface area contributed by atoms with Gasteiger partial charge in [0.2, 0.25) is 5.88 Å². The number of rotatable bonds is 4. The molecule has 26 heavy (non-hydrogen) atoms. The number of thiazole rings is 1. The van der Waals surface area contributed by atoms with E-state index >= 15 is 0 Å². The first kappa shape index (κ1) is 16.2. The van der Waals surface area contributed by atoms with Crippen molar-refractivity contribution in [2.75, 3.05) is 0 Å². The Bertz CT molecular complexity index is 1220. The molecule has 2 aromatic carbocycles. The molecule has 0 aliphatic carbocycles. The number of para-hydroxylation sites is 1. The van der Waals surface area contributed by atoms with Crippen LogP contribution in [0.15, 0.2) is 64.4 Å². The normalized spacial score (nSPS) is 12.8. The lowest BCUT2D eigenvalue weighted by atomic mass is 10.1. The molecule has 1 aliphatic rings. The summed E-state index contributed by atoms with van der Waals surface area (Å²) in [6, 6.07) is 15.4. The van der Waals surface area contributed by atoms with Gasteiger partial charge < -0.3 is 5.11 Å². The maximum Gasteiger partial charge on any atom is 0.311 e. The molecule has 0 unspecified atom stereocenters. The molecule has 4 rings (SSSR count). The summed E-state index contributed by atoms with van der Waals surface area (Å²) in [7, 11) is 0. The molecule has 7 heteroatoms. The van der Waals surface area contributed by atoms with Crippen LogP contribution in [0, 0.1) is 0 Å². The molecule has 1 N–H and O–H groups in total. The van der Waals surface area contributed by atoms with Gasteiger partial charge in [-0.2, -0.15) is 0 Å². The predicted octanol–water partition coefficient (Wildman–Crippen LogP) is 0.857. The average molecular weight is 364 g/mol. The zero-order valence-electron chi connectivity index (χ0n) is 13.4. The number of carbonyl (C=O) groups excluding carboxylic acids is 2. The van der Waals surface area contributed by atoms with Gasteiger partial charge in [-0.3, -0.25) is 19.0 Å². The number of carbonyl (C=O) groups is 2. The Labute approximate surface area is 151 Å². The van der Waals surface area contributed by atoms with Crippen molar-refractivity contribution in [3.8, 4) is 5.88 Å². The first-order valence-corrected chi connectivity index (χ1v) is 8.61. The standard InChI is InChI=1S/C19H12N2O4S/c22-14(11-6-2-1-3-7-11)10-21-18(24)16(26-19(21)25)15-12-8-4-5-9-13(12)20-17(15)23/h1-9,24H,10H2. The number of aromatic nitrogens is 1. The van der Waals surface area contributed by atoms with Gasteiger partial charge in [0.25, 0.3) is 5.91 Å². The van der Waals surface area contributed by atoms with Crippen molar-refractivity contribution < 1.29 is 14.7 Å². The van der Waals surface area contributed by atoms with Crippen LogP contribution in [0.5, 0.6) is 5.88 Å². The summed E-state index contributed by atoms with van der Waals surface area (Å²) >= 11 is 0.730. The number of hydrogen-bond donors (Lipinski definition) is 1. The molecule has 0 saturated heterocycles. The second-order valence-electron chi connectivity index (χ2n) is 5.71. The molecule has 0 saturated carbocycles. The number of Topliss-reactive ketones (excluding diaryl/α,β-unsaturated/α-hetero) is 1. The molecule has 0 fully saturated rings. The van der Waals surface area contributed by atoms with Gasteiger partial charge in [0.1, 0.15) is 4.88 Å². The van der Waals surface area contributed by atoms with Crippen molar-refractivity contribution in [1.29, 1.82) is 0 Å². The molecule has 2 heterocycles. The van der Waals surface area contributed by atoms with Gasteiger partial charge in [-0.1, -0.05) is 59.9 Å². The van der Waals surface area contributed by atoms with Crippen molar-refractivity contribution >= 4 is 28.6 Å². The average Bonchev–Trinajstić information content (AvgIpc) is 3.12. The largest absolute Gasteiger partial charge is 0.493 e. The molecule has 1 aromatic heterocycles. The lowest BCUT2D eigenvalue weighted by molar-refractivity contribution is -0.112. The van der Waals surface area contributed by atoms with Crippen LogP contribution in [-0.2, 0) is 11.3 Å². The quantitative estimate of drug-likeness (QED) is 0.696. The summed E-state index contributed by atoms with van der Waals surface area (Å²) in [5, 5.41) is 11.6. The van der Waals surface area contributed by atoms with Crippen molar-refractivity contribution in [1.82, 2.24) is 4.57 Å². The summed E-state index contributed by atoms with van der Waals surface area (Å²) in [4.78, 5) is 40.5. The molecular formula is C19H12N2O4S. The molecule has 0 radical (unpaired) electrons. The summed E-state index contributed by atoms with van der Waals surface area (Å²) in [6.45, 7) is -0.300. The predicted molar refractivity (Wildman–Crippen MR) is 95.8 cm³/mol. The first-order valence-electron chi connectivity index (χ1n) is 7.80. The number of hydrogen-bond acceptors (Lipinski definition) is 5. The van der Waals surface area contributed by atoms with Crippen molar-refractivity contribution in [3.63, 3.8) is 0 Å². The molecule has 0 bridgehead atoms. The number of amides is 1. The van der Waals surface area contributed by atoms with E-state index in [9.17, 15) is 19.5 Å². The van der Waals surface area contributed by atoms with Crippen LogP contribution < -0.4 is 15.4 Å². The van der Waals surface area contributed by atoms with E-state index in [1.165, 1.54) is 0 Å². The van der Waals surface area contributed by atoms with E-state index in [1.807, 2.05) is 0 Å². The minimum Gasteiger partial charge on any atom is -0.493 e. The highest BCUT2D eigenvalue weighted by Crippen LogP contribution is 2.28. The van der Waals surface area contributed by atoms with Gasteiger partial charge >= 0.3 is 4.87 Å². The fraction of sp³-hybridized carbons (Fsp3) is 0.0526. The minimum absolute atomic E-state index is 0.134. The van der Waals surface area contributed by atoms with Crippen LogP contribution in [0.25, 0.3) is 5.57 Å². The van der Waals surface area contributed by atoms with Crippen LogP contribution >= 0.6 is 11.3 Å². The second kappa shape index (κ2) is 6.20. The maximum atomic E-state index is 12.4. The van der Waals surface area contributed by atoms with Crippen LogP contribution in [0.3, 0.4) is 0 Å². The molecule has 1 amide bonds. The fourth-order valence-electron chi connectivity index (χ4n) is 2.84. The Kier molecular flexibility index (Phi) is 3.85. The molecule has 6 nitrogen and oxygen atoms in total. The van der Waals surface area contributed by atoms with Crippen molar-refractivity contribution in [2.24, 2.45) is 4.99 Å². The highest BCUT2D eigenvalue weighted by atomic mass is 32.1. The second-order valence-corrected chi connectivity index (χ2v) is 6.67. The van der Waals surface area contributed by atoms with Crippen LogP contribution in [0.2, 0.25) is 0 Å². The van der Waals surface area contributed by atoms with Crippen LogP contribution in [-0.4, -0.2) is 21.4 Å². The Morgan fingerprint density at radius 3 is 2.50 bits per heavy atom. The van der Waals surface area contributed by atoms with E-state index in [-0.39, 0.29) is 28.7 Å². The molecule has 0 spiro atoms. The third-order valence-electron chi connectivity index (χ3n) is 4.10. The van der Waals surface area contributed by atoms with Gasteiger partial charge in [0, 0.05) is 10.8 Å². The van der Waals surface area contributed by atoms with Gasteiger partial charge in [0.15, 0.2) is 5.78 Å². The Hall–Kier alpha value is -3.32. The maximum absolute atomic E-state index is 12.4. The monoisotopic (exact) mass is 364 g/mol. The number of fused-ring (bicyclic) bond motifs is 1. The van der Waals surface area contributed by atoms with E-state index in [4.69, 9.17) is 0 Å². The number of aromatic hydroxyl groups is 1. The van der Waals surface area contributed by atoms with E-state index < -0.39 is 10.8 Å². The highest BCUT2D eigenvalue weighted by molar-refractivity contribution is 7.11. The minimum atomic E-state index is -0.510.